The first-order valence-corrected chi connectivity index (χ1v) is 11.7. The molecule has 2 aliphatic rings. The minimum atomic E-state index is -1.41. The lowest BCUT2D eigenvalue weighted by Gasteiger charge is -2.59. The van der Waals surface area contributed by atoms with Gasteiger partial charge in [0.15, 0.2) is 17.3 Å². The van der Waals surface area contributed by atoms with Gasteiger partial charge in [0.2, 0.25) is 0 Å². The zero-order valence-corrected chi connectivity index (χ0v) is 20.9. The van der Waals surface area contributed by atoms with Gasteiger partial charge in [-0.3, -0.25) is 14.4 Å². The summed E-state index contributed by atoms with van der Waals surface area (Å²) in [6.45, 7) is 13.5. The Balaban J connectivity index is 2.32. The fourth-order valence-corrected chi connectivity index (χ4v) is 5.49. The van der Waals surface area contributed by atoms with Gasteiger partial charge in [-0.2, -0.15) is 0 Å². The van der Waals surface area contributed by atoms with E-state index < -0.39 is 27.8 Å². The van der Waals surface area contributed by atoms with Crippen molar-refractivity contribution in [3.63, 3.8) is 0 Å². The molecule has 0 aromatic heterocycles. The Morgan fingerprint density at radius 1 is 0.939 bits per heavy atom. The Morgan fingerprint density at radius 3 is 2.06 bits per heavy atom. The quantitative estimate of drug-likeness (QED) is 0.185. The molecular weight excluding hydrogens is 412 g/mol. The van der Waals surface area contributed by atoms with Gasteiger partial charge in [0.1, 0.15) is 11.3 Å². The fourth-order valence-electron chi connectivity index (χ4n) is 5.49. The molecule has 2 bridgehead atoms. The first-order valence-electron chi connectivity index (χ1n) is 11.7. The molecule has 1 aromatic rings. The van der Waals surface area contributed by atoms with Gasteiger partial charge >= 0.3 is 0 Å². The van der Waals surface area contributed by atoms with E-state index in [1.165, 1.54) is 0 Å². The van der Waals surface area contributed by atoms with Crippen molar-refractivity contribution in [2.24, 2.45) is 22.2 Å². The first kappa shape index (κ1) is 24.9. The zero-order valence-electron chi connectivity index (χ0n) is 20.9. The van der Waals surface area contributed by atoms with Crippen LogP contribution in [-0.2, 0) is 14.4 Å². The van der Waals surface area contributed by atoms with Crippen LogP contribution in [0.15, 0.2) is 59.2 Å². The first-order chi connectivity index (χ1) is 15.3. The number of rotatable bonds is 5. The van der Waals surface area contributed by atoms with Gasteiger partial charge in [-0.25, -0.2) is 0 Å². The molecule has 33 heavy (non-hydrogen) atoms. The number of benzene rings is 1. The molecule has 2 saturated carbocycles. The van der Waals surface area contributed by atoms with Crippen molar-refractivity contribution in [3.8, 4) is 0 Å². The number of hydrogen-bond acceptors (Lipinski definition) is 4. The predicted octanol–water partition coefficient (Wildman–Crippen LogP) is 6.43. The molecule has 1 aromatic carbocycles. The molecular formula is C29H36O4. The molecule has 0 spiro atoms. The third-order valence-corrected chi connectivity index (χ3v) is 8.09. The van der Waals surface area contributed by atoms with Crippen molar-refractivity contribution < 1.29 is 19.5 Å². The van der Waals surface area contributed by atoms with E-state index in [0.717, 1.165) is 11.1 Å². The molecule has 1 N–H and O–H groups in total. The van der Waals surface area contributed by atoms with E-state index in [-0.39, 0.29) is 29.5 Å². The highest BCUT2D eigenvalue weighted by molar-refractivity contribution is 6.41. The smallest absolute Gasteiger partial charge is 0.184 e. The van der Waals surface area contributed by atoms with E-state index in [1.807, 2.05) is 47.6 Å². The molecule has 2 aliphatic carbocycles. The molecule has 0 radical (unpaired) electrons. The van der Waals surface area contributed by atoms with Crippen LogP contribution in [0.25, 0.3) is 5.76 Å². The van der Waals surface area contributed by atoms with Crippen molar-refractivity contribution >= 4 is 23.1 Å². The summed E-state index contributed by atoms with van der Waals surface area (Å²) in [7, 11) is 0. The number of aliphatic hydroxyl groups is 1. The molecule has 3 atom stereocenters. The van der Waals surface area contributed by atoms with E-state index in [0.29, 0.717) is 18.4 Å². The van der Waals surface area contributed by atoms with Crippen molar-refractivity contribution in [2.75, 3.05) is 0 Å². The van der Waals surface area contributed by atoms with Crippen LogP contribution >= 0.6 is 0 Å². The lowest BCUT2D eigenvalue weighted by molar-refractivity contribution is -0.174. The second-order valence-corrected chi connectivity index (χ2v) is 10.9. The summed E-state index contributed by atoms with van der Waals surface area (Å²) in [5, 5.41) is 11.1. The highest BCUT2D eigenvalue weighted by Gasteiger charge is 2.72. The second-order valence-electron chi connectivity index (χ2n) is 10.9. The van der Waals surface area contributed by atoms with Gasteiger partial charge in [0, 0.05) is 5.56 Å². The SMILES string of the molecule is CC(C)=CC[C@@H]1C[C@]2(CC=C(C)C)C(=O)/C(=C(\O)c3ccccc3)C(=O)[C@@](C)(C2=O)C1(C)C. The van der Waals surface area contributed by atoms with Gasteiger partial charge in [-0.05, 0) is 65.2 Å². The molecule has 3 rings (SSSR count). The molecule has 2 fully saturated rings. The largest absolute Gasteiger partial charge is 0.506 e. The highest BCUT2D eigenvalue weighted by Crippen LogP contribution is 2.63. The Hall–Kier alpha value is -2.75. The average Bonchev–Trinajstić information content (AvgIpc) is 2.76. The highest BCUT2D eigenvalue weighted by atomic mass is 16.3. The van der Waals surface area contributed by atoms with Gasteiger partial charge in [0.05, 0.1) is 10.8 Å². The normalized spacial score (nSPS) is 30.0. The van der Waals surface area contributed by atoms with Crippen LogP contribution in [0.5, 0.6) is 0 Å². The number of carbonyl (C=O) groups is 3. The van der Waals surface area contributed by atoms with E-state index in [9.17, 15) is 19.5 Å². The third kappa shape index (κ3) is 3.74. The van der Waals surface area contributed by atoms with Crippen LogP contribution in [0, 0.1) is 22.2 Å². The number of allylic oxidation sites excluding steroid dienone is 5. The van der Waals surface area contributed by atoms with E-state index in [4.69, 9.17) is 0 Å². The molecule has 0 amide bonds. The topological polar surface area (TPSA) is 71.4 Å². The minimum Gasteiger partial charge on any atom is -0.506 e. The van der Waals surface area contributed by atoms with Crippen LogP contribution in [0.4, 0.5) is 0 Å². The maximum Gasteiger partial charge on any atom is 0.184 e. The summed E-state index contributed by atoms with van der Waals surface area (Å²) in [6, 6.07) is 8.64. The summed E-state index contributed by atoms with van der Waals surface area (Å²) in [5.41, 5.74) is -1.10. The van der Waals surface area contributed by atoms with Crippen molar-refractivity contribution in [1.29, 1.82) is 0 Å². The maximum atomic E-state index is 14.1. The molecule has 176 valence electrons. The lowest BCUT2D eigenvalue weighted by atomic mass is 9.40. The minimum absolute atomic E-state index is 0.0334. The maximum absolute atomic E-state index is 14.1. The molecule has 0 heterocycles. The summed E-state index contributed by atoms with van der Waals surface area (Å²) in [5.74, 6) is -1.76. The monoisotopic (exact) mass is 448 g/mol. The number of Topliss-reactive ketones (excluding diaryl/α,β-unsaturated/α-hetero) is 3. The fraction of sp³-hybridized carbons (Fsp3) is 0.483. The van der Waals surface area contributed by atoms with E-state index >= 15 is 0 Å². The third-order valence-electron chi connectivity index (χ3n) is 8.09. The summed E-state index contributed by atoms with van der Waals surface area (Å²) in [6.07, 6.45) is 5.34. The van der Waals surface area contributed by atoms with Gasteiger partial charge in [-0.15, -0.1) is 0 Å². The molecule has 0 unspecified atom stereocenters. The summed E-state index contributed by atoms with van der Waals surface area (Å²) < 4.78 is 0. The van der Waals surface area contributed by atoms with Gasteiger partial charge in [-0.1, -0.05) is 67.5 Å². The Labute approximate surface area is 197 Å². The lowest BCUT2D eigenvalue weighted by Crippen LogP contribution is -2.68. The van der Waals surface area contributed by atoms with Crippen LogP contribution in [-0.4, -0.2) is 22.5 Å². The van der Waals surface area contributed by atoms with Crippen molar-refractivity contribution in [3.05, 3.63) is 64.8 Å². The van der Waals surface area contributed by atoms with Gasteiger partial charge < -0.3 is 5.11 Å². The van der Waals surface area contributed by atoms with Crippen LogP contribution in [0.2, 0.25) is 0 Å². The number of carbonyl (C=O) groups excluding carboxylic acids is 3. The van der Waals surface area contributed by atoms with Crippen LogP contribution < -0.4 is 0 Å². The van der Waals surface area contributed by atoms with Crippen molar-refractivity contribution in [2.45, 2.75) is 67.7 Å². The Kier molecular flexibility index (Phi) is 6.45. The number of fused-ring (bicyclic) bond motifs is 2. The zero-order chi connectivity index (χ0) is 24.8. The van der Waals surface area contributed by atoms with Crippen LogP contribution in [0.1, 0.15) is 73.3 Å². The number of aliphatic hydroxyl groups excluding tert-OH is 1. The average molecular weight is 449 g/mol. The molecule has 4 heteroatoms. The van der Waals surface area contributed by atoms with Gasteiger partial charge in [0.25, 0.3) is 0 Å². The number of ketones is 3. The van der Waals surface area contributed by atoms with E-state index in [1.54, 1.807) is 37.3 Å². The van der Waals surface area contributed by atoms with Crippen molar-refractivity contribution in [1.82, 2.24) is 0 Å². The van der Waals surface area contributed by atoms with E-state index in [2.05, 4.69) is 6.08 Å². The van der Waals surface area contributed by atoms with Crippen LogP contribution in [0.3, 0.4) is 0 Å². The Morgan fingerprint density at radius 2 is 1.52 bits per heavy atom. The second kappa shape index (κ2) is 8.55. The summed E-state index contributed by atoms with van der Waals surface area (Å²) in [4.78, 5) is 42.1. The standard InChI is InChI=1S/C29H36O4/c1-18(2)13-14-21-17-29(16-15-19(3)4)25(32)22(23(30)20-11-9-8-10-12-20)24(31)28(7,26(29)33)27(21,5)6/h8-13,15,21,30H,14,16-17H2,1-7H3/b23-22-/t21-,28+,29-/m1/s1. The molecule has 0 saturated heterocycles. The number of hydrogen-bond donors (Lipinski definition) is 1. The Bertz CT molecular complexity index is 1080. The predicted molar refractivity (Wildman–Crippen MR) is 132 cm³/mol. The molecule has 0 aliphatic heterocycles. The molecule has 4 nitrogen and oxygen atoms in total. The summed E-state index contributed by atoms with van der Waals surface area (Å²) >= 11 is 0.